The van der Waals surface area contributed by atoms with Crippen LogP contribution in [-0.4, -0.2) is 30.6 Å². The Morgan fingerprint density at radius 3 is 2.68 bits per heavy atom. The highest BCUT2D eigenvalue weighted by atomic mass is 19.2. The summed E-state index contributed by atoms with van der Waals surface area (Å²) in [6, 6.07) is 11.0. The Balaban J connectivity index is 1.59. The predicted octanol–water partition coefficient (Wildman–Crippen LogP) is 3.14. The number of halogens is 2. The van der Waals surface area contributed by atoms with Crippen LogP contribution in [0.2, 0.25) is 0 Å². The van der Waals surface area contributed by atoms with Crippen molar-refractivity contribution >= 4 is 11.9 Å². The van der Waals surface area contributed by atoms with Crippen molar-refractivity contribution in [1.29, 1.82) is 0 Å². The van der Waals surface area contributed by atoms with E-state index in [1.54, 1.807) is 24.3 Å². The molecule has 2 aromatic carbocycles. The molecule has 2 aromatic rings. The largest absolute Gasteiger partial charge is 0.496 e. The first-order valence-electron chi connectivity index (χ1n) is 8.98. The van der Waals surface area contributed by atoms with Gasteiger partial charge in [-0.15, -0.1) is 0 Å². The number of aliphatic carboxylic acids is 1. The maximum absolute atomic E-state index is 13.9. The van der Waals surface area contributed by atoms with Crippen molar-refractivity contribution in [2.45, 2.75) is 18.8 Å². The van der Waals surface area contributed by atoms with Crippen molar-refractivity contribution in [3.8, 4) is 5.75 Å². The van der Waals surface area contributed by atoms with Gasteiger partial charge in [0.1, 0.15) is 5.75 Å². The zero-order chi connectivity index (χ0) is 20.3. The van der Waals surface area contributed by atoms with Crippen LogP contribution >= 0.6 is 0 Å². The molecule has 5 nitrogen and oxygen atoms in total. The highest BCUT2D eigenvalue weighted by Crippen LogP contribution is 2.48. The van der Waals surface area contributed by atoms with E-state index in [-0.39, 0.29) is 30.4 Å². The van der Waals surface area contributed by atoms with Crippen LogP contribution < -0.4 is 10.1 Å². The highest BCUT2D eigenvalue weighted by Gasteiger charge is 2.45. The lowest BCUT2D eigenvalue weighted by Gasteiger charge is -2.15. The minimum Gasteiger partial charge on any atom is -0.496 e. The van der Waals surface area contributed by atoms with E-state index < -0.39 is 29.4 Å². The van der Waals surface area contributed by atoms with Crippen LogP contribution in [0, 0.1) is 23.5 Å². The summed E-state index contributed by atoms with van der Waals surface area (Å²) < 4.78 is 32.5. The number of carbonyl (C=O) groups is 2. The standard InChI is InChI=1S/C21H21F2NO4/c1-28-18-8-3-2-5-12(18)9-13(21(26)27)11-24-20(25)16-10-15(16)14-6-4-7-17(22)19(14)23/h2-8,13,15-16H,9-11H2,1H3,(H,24,25)(H,26,27). The molecule has 0 spiro atoms. The topological polar surface area (TPSA) is 75.6 Å². The van der Waals surface area contributed by atoms with Gasteiger partial charge in [0.15, 0.2) is 11.6 Å². The fourth-order valence-corrected chi connectivity index (χ4v) is 3.37. The average Bonchev–Trinajstić information content (AvgIpc) is 3.47. The molecule has 0 saturated heterocycles. The molecule has 0 radical (unpaired) electrons. The molecule has 1 aliphatic rings. The van der Waals surface area contributed by atoms with E-state index in [9.17, 15) is 23.5 Å². The second-order valence-corrected chi connectivity index (χ2v) is 6.89. The van der Waals surface area contributed by atoms with Gasteiger partial charge in [0.05, 0.1) is 13.0 Å². The number of hydrogen-bond donors (Lipinski definition) is 2. The molecule has 7 heteroatoms. The molecular weight excluding hydrogens is 368 g/mol. The van der Waals surface area contributed by atoms with E-state index in [0.717, 1.165) is 11.6 Å². The molecule has 0 bridgehead atoms. The summed E-state index contributed by atoms with van der Waals surface area (Å²) in [5.41, 5.74) is 0.918. The third-order valence-corrected chi connectivity index (χ3v) is 5.04. The van der Waals surface area contributed by atoms with Crippen molar-refractivity contribution in [3.63, 3.8) is 0 Å². The summed E-state index contributed by atoms with van der Waals surface area (Å²) in [6.07, 6.45) is 0.614. The highest BCUT2D eigenvalue weighted by molar-refractivity contribution is 5.83. The van der Waals surface area contributed by atoms with Gasteiger partial charge in [-0.2, -0.15) is 0 Å². The van der Waals surface area contributed by atoms with Gasteiger partial charge in [-0.3, -0.25) is 9.59 Å². The number of carboxylic acid groups (broad SMARTS) is 1. The van der Waals surface area contributed by atoms with Crippen LogP contribution in [0.25, 0.3) is 0 Å². The Bertz CT molecular complexity index is 886. The Morgan fingerprint density at radius 1 is 1.21 bits per heavy atom. The van der Waals surface area contributed by atoms with Gasteiger partial charge in [0.2, 0.25) is 5.91 Å². The first-order chi connectivity index (χ1) is 13.4. The van der Waals surface area contributed by atoms with E-state index >= 15 is 0 Å². The van der Waals surface area contributed by atoms with Gasteiger partial charge in [0.25, 0.3) is 0 Å². The zero-order valence-corrected chi connectivity index (χ0v) is 15.3. The van der Waals surface area contributed by atoms with E-state index in [2.05, 4.69) is 5.32 Å². The van der Waals surface area contributed by atoms with Gasteiger partial charge in [-0.05, 0) is 42.0 Å². The number of nitrogens with one attached hydrogen (secondary N) is 1. The molecule has 3 unspecified atom stereocenters. The number of methoxy groups -OCH3 is 1. The lowest BCUT2D eigenvalue weighted by atomic mass is 9.98. The Kier molecular flexibility index (Phi) is 5.92. The maximum Gasteiger partial charge on any atom is 0.308 e. The predicted molar refractivity (Wildman–Crippen MR) is 98.0 cm³/mol. The number of para-hydroxylation sites is 1. The molecule has 0 heterocycles. The van der Waals surface area contributed by atoms with Gasteiger partial charge < -0.3 is 15.2 Å². The number of rotatable bonds is 8. The van der Waals surface area contributed by atoms with Crippen LogP contribution in [0.1, 0.15) is 23.5 Å². The average molecular weight is 389 g/mol. The third-order valence-electron chi connectivity index (χ3n) is 5.04. The minimum absolute atomic E-state index is 0.0545. The number of amides is 1. The van der Waals surface area contributed by atoms with E-state index in [0.29, 0.717) is 12.2 Å². The lowest BCUT2D eigenvalue weighted by Crippen LogP contribution is -2.35. The first kappa shape index (κ1) is 19.8. The number of carbonyl (C=O) groups excluding carboxylic acids is 1. The van der Waals surface area contributed by atoms with Crippen LogP contribution in [0.15, 0.2) is 42.5 Å². The monoisotopic (exact) mass is 389 g/mol. The van der Waals surface area contributed by atoms with Crippen molar-refractivity contribution in [2.75, 3.05) is 13.7 Å². The summed E-state index contributed by atoms with van der Waals surface area (Å²) in [5, 5.41) is 12.1. The van der Waals surface area contributed by atoms with Crippen molar-refractivity contribution < 1.29 is 28.2 Å². The number of ether oxygens (including phenoxy) is 1. The minimum atomic E-state index is -1.03. The molecule has 1 aliphatic carbocycles. The van der Waals surface area contributed by atoms with Crippen LogP contribution in [-0.2, 0) is 16.0 Å². The quantitative estimate of drug-likeness (QED) is 0.727. The van der Waals surface area contributed by atoms with Crippen molar-refractivity contribution in [2.24, 2.45) is 11.8 Å². The van der Waals surface area contributed by atoms with Crippen LogP contribution in [0.5, 0.6) is 5.75 Å². The maximum atomic E-state index is 13.9. The van der Waals surface area contributed by atoms with Gasteiger partial charge in [-0.1, -0.05) is 30.3 Å². The summed E-state index contributed by atoms with van der Waals surface area (Å²) in [5.74, 6) is -4.35. The SMILES string of the molecule is COc1ccccc1CC(CNC(=O)C1CC1c1cccc(F)c1F)C(=O)O. The Labute approximate surface area is 161 Å². The molecule has 0 aromatic heterocycles. The molecule has 148 valence electrons. The van der Waals surface area contributed by atoms with Gasteiger partial charge >= 0.3 is 5.97 Å². The summed E-state index contributed by atoms with van der Waals surface area (Å²) in [6.45, 7) is -0.0545. The van der Waals surface area contributed by atoms with E-state index in [1.807, 2.05) is 0 Å². The molecule has 3 rings (SSSR count). The van der Waals surface area contributed by atoms with E-state index in [1.165, 1.54) is 19.2 Å². The third kappa shape index (κ3) is 4.30. The van der Waals surface area contributed by atoms with Crippen molar-refractivity contribution in [3.05, 3.63) is 65.2 Å². The molecule has 28 heavy (non-hydrogen) atoms. The van der Waals surface area contributed by atoms with Crippen LogP contribution in [0.3, 0.4) is 0 Å². The fraction of sp³-hybridized carbons (Fsp3) is 0.333. The summed E-state index contributed by atoms with van der Waals surface area (Å²) in [7, 11) is 1.51. The van der Waals surface area contributed by atoms with Gasteiger partial charge in [0, 0.05) is 12.5 Å². The summed E-state index contributed by atoms with van der Waals surface area (Å²) in [4.78, 5) is 23.9. The zero-order valence-electron chi connectivity index (χ0n) is 15.3. The first-order valence-corrected chi connectivity index (χ1v) is 8.98. The van der Waals surface area contributed by atoms with Crippen molar-refractivity contribution in [1.82, 2.24) is 5.32 Å². The summed E-state index contributed by atoms with van der Waals surface area (Å²) >= 11 is 0. The Hall–Kier alpha value is -2.96. The lowest BCUT2D eigenvalue weighted by molar-refractivity contribution is -0.141. The molecule has 2 N–H and O–H groups in total. The van der Waals surface area contributed by atoms with E-state index in [4.69, 9.17) is 4.74 Å². The molecule has 1 saturated carbocycles. The number of benzene rings is 2. The number of hydrogen-bond acceptors (Lipinski definition) is 3. The smallest absolute Gasteiger partial charge is 0.308 e. The molecule has 1 fully saturated rings. The van der Waals surface area contributed by atoms with Crippen LogP contribution in [0.4, 0.5) is 8.78 Å². The van der Waals surface area contributed by atoms with Gasteiger partial charge in [-0.25, -0.2) is 8.78 Å². The molecular formula is C21H21F2NO4. The number of carboxylic acids is 1. The normalized spacial score (nSPS) is 19.0. The second kappa shape index (κ2) is 8.37. The molecule has 0 aliphatic heterocycles. The Morgan fingerprint density at radius 2 is 1.96 bits per heavy atom. The molecule has 1 amide bonds. The second-order valence-electron chi connectivity index (χ2n) is 6.89. The molecule has 3 atom stereocenters. The fourth-order valence-electron chi connectivity index (χ4n) is 3.37.